The van der Waals surface area contributed by atoms with Crippen LogP contribution in [0.2, 0.25) is 0 Å². The van der Waals surface area contributed by atoms with Gasteiger partial charge in [-0.2, -0.15) is 0 Å². The third kappa shape index (κ3) is 47.1. The van der Waals surface area contributed by atoms with Gasteiger partial charge in [-0.15, -0.1) is 0 Å². The number of aryl methyl sites for hydroxylation is 7. The van der Waals surface area contributed by atoms with E-state index in [0.717, 1.165) is 72.4 Å². The van der Waals surface area contributed by atoms with Crippen LogP contribution in [-0.4, -0.2) is 49.8 Å². The molecule has 0 atom stereocenters. The summed E-state index contributed by atoms with van der Waals surface area (Å²) in [6, 6.07) is 120. The van der Waals surface area contributed by atoms with Gasteiger partial charge < -0.3 is 33.2 Å². The van der Waals surface area contributed by atoms with Gasteiger partial charge in [-0.05, 0) is 210 Å². The van der Waals surface area contributed by atoms with E-state index in [2.05, 4.69) is 265 Å². The number of hydrogen-bond acceptors (Lipinski definition) is 7. The van der Waals surface area contributed by atoms with Gasteiger partial charge in [0.15, 0.2) is 11.5 Å². The van der Waals surface area contributed by atoms with Crippen LogP contribution in [0.15, 0.2) is 352 Å². The average Bonchev–Trinajstić information content (AvgIpc) is 0.816. The van der Waals surface area contributed by atoms with Gasteiger partial charge in [-0.1, -0.05) is 464 Å². The van der Waals surface area contributed by atoms with Crippen molar-refractivity contribution in [3.05, 3.63) is 391 Å². The molecule has 0 aromatic heterocycles. The Labute approximate surface area is 792 Å². The zero-order valence-electron chi connectivity index (χ0n) is 86.9. The largest absolute Gasteiger partial charge is 0.497 e. The molecule has 130 heavy (non-hydrogen) atoms. The smallest absolute Gasteiger partial charge is 0.160 e. The van der Waals surface area contributed by atoms with E-state index in [9.17, 15) is 0 Å². The Morgan fingerprint density at radius 2 is 0.362 bits per heavy atom. The van der Waals surface area contributed by atoms with E-state index >= 15 is 0 Å². The van der Waals surface area contributed by atoms with Gasteiger partial charge in [0, 0.05) is 0 Å². The molecule has 0 spiro atoms. The maximum atomic E-state index is 5.18. The third-order valence-corrected chi connectivity index (χ3v) is 18.4. The average molecular weight is 1760 g/mol. The molecule has 0 heterocycles. The van der Waals surface area contributed by atoms with Gasteiger partial charge in [0.2, 0.25) is 0 Å². The summed E-state index contributed by atoms with van der Waals surface area (Å²) in [6.07, 6.45) is 5.56. The number of para-hydroxylation sites is 4. The lowest BCUT2D eigenvalue weighted by Gasteiger charge is -2.06. The van der Waals surface area contributed by atoms with Crippen molar-refractivity contribution in [3.8, 4) is 40.2 Å². The molecule has 16 aromatic rings. The van der Waals surface area contributed by atoms with E-state index in [1.165, 1.54) is 104 Å². The molecule has 0 saturated heterocycles. The molecule has 0 radical (unpaired) electrons. The minimum absolute atomic E-state index is 0.769. The number of benzene rings is 16. The van der Waals surface area contributed by atoms with Gasteiger partial charge in [-0.3, -0.25) is 0 Å². The lowest BCUT2D eigenvalue weighted by molar-refractivity contribution is 0.355. The van der Waals surface area contributed by atoms with Crippen molar-refractivity contribution in [1.29, 1.82) is 0 Å². The second-order valence-electron chi connectivity index (χ2n) is 25.3. The molecule has 0 saturated carbocycles. The van der Waals surface area contributed by atoms with Gasteiger partial charge in [0.1, 0.15) is 28.7 Å². The molecule has 16 aromatic carbocycles. The van der Waals surface area contributed by atoms with Crippen molar-refractivity contribution >= 4 is 64.6 Å². The van der Waals surface area contributed by atoms with E-state index in [4.69, 9.17) is 33.2 Å². The maximum absolute atomic E-state index is 5.18. The Hall–Kier alpha value is -12.3. The lowest BCUT2D eigenvalue weighted by atomic mass is 10.0. The number of rotatable bonds is 12. The predicted octanol–water partition coefficient (Wildman–Crippen LogP) is 37.5. The van der Waals surface area contributed by atoms with E-state index in [0.29, 0.717) is 0 Å². The Morgan fingerprint density at radius 1 is 0.162 bits per heavy atom. The molecule has 0 bridgehead atoms. The van der Waals surface area contributed by atoms with E-state index < -0.39 is 0 Å². The molecule has 0 N–H and O–H groups in total. The second-order valence-corrected chi connectivity index (χ2v) is 25.3. The minimum Gasteiger partial charge on any atom is -0.497 e. The molecule has 7 nitrogen and oxygen atoms in total. The Bertz CT molecular complexity index is 4720. The summed E-state index contributed by atoms with van der Waals surface area (Å²) < 4.78 is 35.2. The highest BCUT2D eigenvalue weighted by Crippen LogP contribution is 2.27. The van der Waals surface area contributed by atoms with Gasteiger partial charge in [-0.25, -0.2) is 0 Å². The van der Waals surface area contributed by atoms with Crippen LogP contribution in [0.5, 0.6) is 40.2 Å². The van der Waals surface area contributed by atoms with Gasteiger partial charge in [0.25, 0.3) is 0 Å². The molecule has 0 aliphatic carbocycles. The van der Waals surface area contributed by atoms with Crippen LogP contribution in [0.25, 0.3) is 64.6 Å². The van der Waals surface area contributed by atoms with E-state index in [1.54, 1.807) is 49.8 Å². The van der Waals surface area contributed by atoms with Crippen LogP contribution in [0.4, 0.5) is 0 Å². The van der Waals surface area contributed by atoms with Crippen LogP contribution in [0.1, 0.15) is 212 Å². The van der Waals surface area contributed by atoms with Crippen LogP contribution < -0.4 is 33.2 Å². The third-order valence-electron chi connectivity index (χ3n) is 18.4. The molecule has 0 amide bonds. The summed E-state index contributed by atoms with van der Waals surface area (Å²) in [5.74, 6) is 6.06. The Balaban J connectivity index is -0.000000664. The Kier molecular flexibility index (Phi) is 80.9. The molecule has 0 fully saturated rings. The summed E-state index contributed by atoms with van der Waals surface area (Å²) in [4.78, 5) is 0. The first-order chi connectivity index (χ1) is 63.9. The summed E-state index contributed by atoms with van der Waals surface area (Å²) >= 11 is 0. The monoisotopic (exact) mass is 1760 g/mol. The van der Waals surface area contributed by atoms with Crippen molar-refractivity contribution in [2.75, 3.05) is 49.8 Å². The minimum atomic E-state index is 0.769. The summed E-state index contributed by atoms with van der Waals surface area (Å²) in [5.41, 5.74) is 9.58. The molecule has 0 aliphatic heterocycles. The highest BCUT2D eigenvalue weighted by Gasteiger charge is 2.04. The molecule has 16 rings (SSSR count). The highest BCUT2D eigenvalue weighted by atomic mass is 16.5. The fraction of sp³-hybridized carbons (Fsp3) is 0.317. The van der Waals surface area contributed by atoms with Crippen LogP contribution in [-0.2, 0) is 32.1 Å². The van der Waals surface area contributed by atoms with Crippen LogP contribution >= 0.6 is 0 Å². The predicted molar refractivity (Wildman–Crippen MR) is 585 cm³/mol. The van der Waals surface area contributed by atoms with Crippen LogP contribution in [0, 0.1) is 13.8 Å². The molecular formula is C123H170O7. The summed E-state index contributed by atoms with van der Waals surface area (Å²) in [7, 11) is 11.6. The molecular weight excluding hydrogens is 1590 g/mol. The zero-order chi connectivity index (χ0) is 98.5. The van der Waals surface area contributed by atoms with Crippen molar-refractivity contribution in [1.82, 2.24) is 0 Å². The maximum Gasteiger partial charge on any atom is 0.160 e. The molecule has 704 valence electrons. The number of hydrogen-bond donors (Lipinski definition) is 0. The first-order valence-corrected chi connectivity index (χ1v) is 47.8. The number of ether oxygens (including phenoxy) is 7. The van der Waals surface area contributed by atoms with Crippen LogP contribution in [0.3, 0.4) is 0 Å². The standard InChI is InChI=1S/5C12H12.C11H10O.C9H12O.2C8H10O2.C7H8O.10C2H6/c5*1-2-10-7-5-8-11-6-3-4-9-12(10)11;1-12-11-7-6-9-4-2-3-5-10(9)8-11;1-7-5-4-6-8(2)9(7)10-3;1-9-7-3-5-8(10-2)6-4-7;1-9-7-5-3-4-6-8(7)10-2;1-8-7-5-3-2-4-6-7;10*1-2/h5*3-9H,2H2,1H3;2-8H,1H3;4-6H,1-3H3;2*3-6H,1-2H3;2-6H,1H3;10*1-2H3. The second kappa shape index (κ2) is 84.8. The summed E-state index contributed by atoms with van der Waals surface area (Å²) in [6.45, 7) is 55.1. The van der Waals surface area contributed by atoms with E-state index in [1.807, 2.05) is 274 Å². The zero-order valence-corrected chi connectivity index (χ0v) is 86.9. The molecule has 0 aliphatic rings. The quantitative estimate of drug-likeness (QED) is 0.121. The number of fused-ring (bicyclic) bond motifs is 6. The van der Waals surface area contributed by atoms with E-state index in [-0.39, 0.29) is 0 Å². The van der Waals surface area contributed by atoms with Crippen molar-refractivity contribution < 1.29 is 33.2 Å². The normalized spacial score (nSPS) is 8.85. The lowest BCUT2D eigenvalue weighted by Crippen LogP contribution is -1.89. The highest BCUT2D eigenvalue weighted by molar-refractivity contribution is 5.89. The van der Waals surface area contributed by atoms with Crippen molar-refractivity contribution in [2.24, 2.45) is 0 Å². The van der Waals surface area contributed by atoms with Crippen molar-refractivity contribution in [3.63, 3.8) is 0 Å². The Morgan fingerprint density at radius 3 is 0.585 bits per heavy atom. The fourth-order valence-corrected chi connectivity index (χ4v) is 12.5. The summed E-state index contributed by atoms with van der Waals surface area (Å²) in [5, 5.41) is 16.1. The van der Waals surface area contributed by atoms with Gasteiger partial charge in [0.05, 0.1) is 49.8 Å². The fourth-order valence-electron chi connectivity index (χ4n) is 12.5. The molecule has 7 heteroatoms. The topological polar surface area (TPSA) is 64.6 Å². The first kappa shape index (κ1) is 124. The van der Waals surface area contributed by atoms with Crippen molar-refractivity contribution in [2.45, 2.75) is 219 Å². The molecule has 0 unspecified atom stereocenters. The SMILES string of the molecule is CC.CC.CC.CC.CC.CC.CC.CC.CC.CC.CCc1cccc2ccccc12.CCc1cccc2ccccc12.CCc1cccc2ccccc12.CCc1cccc2ccccc12.CCc1cccc2ccccc12.COc1c(C)cccc1C.COc1ccc(OC)cc1.COc1ccc2ccccc2c1.COc1ccccc1.COc1ccccc1OC. The van der Waals surface area contributed by atoms with Gasteiger partial charge >= 0.3 is 0 Å². The first-order valence-electron chi connectivity index (χ1n) is 47.8. The number of methoxy groups -OCH3 is 7.